The highest BCUT2D eigenvalue weighted by Crippen LogP contribution is 2.17. The number of thioether (sulfide) groups is 1. The fourth-order valence-corrected chi connectivity index (χ4v) is 1.99. The molecule has 0 unspecified atom stereocenters. The largest absolute Gasteiger partial charge is 0.381 e. The second-order valence-electron chi connectivity index (χ2n) is 3.77. The van der Waals surface area contributed by atoms with E-state index < -0.39 is 0 Å². The molecule has 1 aromatic heterocycles. The van der Waals surface area contributed by atoms with Crippen LogP contribution in [-0.4, -0.2) is 10.8 Å². The van der Waals surface area contributed by atoms with Gasteiger partial charge in [0.05, 0.1) is 0 Å². The summed E-state index contributed by atoms with van der Waals surface area (Å²) in [5, 5.41) is 3.40. The number of benzene rings is 1. The molecule has 1 heterocycles. The molecule has 0 aliphatic carbocycles. The molecule has 0 atom stereocenters. The van der Waals surface area contributed by atoms with Crippen LogP contribution in [0.1, 0.15) is 5.56 Å². The SMILES string of the molecule is CSc1ccc(NCc2ccn(C)c2)cc1. The molecular weight excluding hydrogens is 216 g/mol. The van der Waals surface area contributed by atoms with Gasteiger partial charge in [-0.1, -0.05) is 0 Å². The van der Waals surface area contributed by atoms with Gasteiger partial charge in [-0.25, -0.2) is 0 Å². The number of hydrogen-bond acceptors (Lipinski definition) is 2. The number of aryl methyl sites for hydroxylation is 1. The molecule has 0 aliphatic rings. The van der Waals surface area contributed by atoms with E-state index in [1.807, 2.05) is 7.05 Å². The first-order valence-corrected chi connectivity index (χ1v) is 6.49. The van der Waals surface area contributed by atoms with Crippen LogP contribution in [-0.2, 0) is 13.6 Å². The molecule has 0 spiro atoms. The topological polar surface area (TPSA) is 17.0 Å². The van der Waals surface area contributed by atoms with Gasteiger partial charge in [0.2, 0.25) is 0 Å². The number of nitrogens with zero attached hydrogens (tertiary/aromatic N) is 1. The third kappa shape index (κ3) is 2.83. The first kappa shape index (κ1) is 11.1. The Balaban J connectivity index is 1.94. The molecule has 0 radical (unpaired) electrons. The number of hydrogen-bond donors (Lipinski definition) is 1. The van der Waals surface area contributed by atoms with Crippen LogP contribution in [0.2, 0.25) is 0 Å². The Labute approximate surface area is 101 Å². The molecular formula is C13H16N2S. The summed E-state index contributed by atoms with van der Waals surface area (Å²) < 4.78 is 2.06. The maximum Gasteiger partial charge on any atom is 0.0415 e. The van der Waals surface area contributed by atoms with Gasteiger partial charge in [0.1, 0.15) is 0 Å². The van der Waals surface area contributed by atoms with Gasteiger partial charge in [-0.15, -0.1) is 11.8 Å². The monoisotopic (exact) mass is 232 g/mol. The third-order valence-electron chi connectivity index (χ3n) is 2.48. The number of nitrogens with one attached hydrogen (secondary N) is 1. The first-order chi connectivity index (χ1) is 7.78. The average Bonchev–Trinajstić information content (AvgIpc) is 2.73. The third-order valence-corrected chi connectivity index (χ3v) is 3.22. The first-order valence-electron chi connectivity index (χ1n) is 5.27. The lowest BCUT2D eigenvalue weighted by Crippen LogP contribution is -1.97. The van der Waals surface area contributed by atoms with Gasteiger partial charge in [0.25, 0.3) is 0 Å². The van der Waals surface area contributed by atoms with Gasteiger partial charge in [0, 0.05) is 36.6 Å². The molecule has 2 nitrogen and oxygen atoms in total. The highest BCUT2D eigenvalue weighted by molar-refractivity contribution is 7.98. The van der Waals surface area contributed by atoms with Crippen molar-refractivity contribution in [3.8, 4) is 0 Å². The number of aromatic nitrogens is 1. The lowest BCUT2D eigenvalue weighted by Gasteiger charge is -2.05. The molecule has 2 rings (SSSR count). The lowest BCUT2D eigenvalue weighted by molar-refractivity contribution is 0.920. The molecule has 1 aromatic carbocycles. The van der Waals surface area contributed by atoms with Crippen LogP contribution < -0.4 is 5.32 Å². The summed E-state index contributed by atoms with van der Waals surface area (Å²) >= 11 is 1.76. The van der Waals surface area contributed by atoms with Crippen molar-refractivity contribution in [2.75, 3.05) is 11.6 Å². The summed E-state index contributed by atoms with van der Waals surface area (Å²) in [5.74, 6) is 0. The van der Waals surface area contributed by atoms with Crippen molar-refractivity contribution in [2.24, 2.45) is 7.05 Å². The maximum absolute atomic E-state index is 3.40. The number of rotatable bonds is 4. The fourth-order valence-electron chi connectivity index (χ4n) is 1.58. The van der Waals surface area contributed by atoms with Crippen LogP contribution in [0.3, 0.4) is 0 Å². The minimum Gasteiger partial charge on any atom is -0.381 e. The van der Waals surface area contributed by atoms with E-state index in [0.29, 0.717) is 0 Å². The summed E-state index contributed by atoms with van der Waals surface area (Å²) in [6.07, 6.45) is 6.28. The Morgan fingerprint density at radius 1 is 1.19 bits per heavy atom. The Bertz CT molecular complexity index is 445. The molecule has 16 heavy (non-hydrogen) atoms. The highest BCUT2D eigenvalue weighted by atomic mass is 32.2. The van der Waals surface area contributed by atoms with E-state index in [-0.39, 0.29) is 0 Å². The molecule has 0 saturated heterocycles. The van der Waals surface area contributed by atoms with Crippen molar-refractivity contribution in [1.82, 2.24) is 4.57 Å². The number of anilines is 1. The molecule has 0 aliphatic heterocycles. The molecule has 84 valence electrons. The van der Waals surface area contributed by atoms with E-state index in [2.05, 4.69) is 58.9 Å². The van der Waals surface area contributed by atoms with Gasteiger partial charge in [0.15, 0.2) is 0 Å². The van der Waals surface area contributed by atoms with Crippen molar-refractivity contribution >= 4 is 17.4 Å². The van der Waals surface area contributed by atoms with Crippen LogP contribution in [0.4, 0.5) is 5.69 Å². The minimum atomic E-state index is 0.874. The fraction of sp³-hybridized carbons (Fsp3) is 0.231. The Hall–Kier alpha value is -1.35. The summed E-state index contributed by atoms with van der Waals surface area (Å²) in [7, 11) is 2.04. The van der Waals surface area contributed by atoms with Gasteiger partial charge in [-0.3, -0.25) is 0 Å². The van der Waals surface area contributed by atoms with E-state index in [1.54, 1.807) is 11.8 Å². The van der Waals surface area contributed by atoms with Crippen molar-refractivity contribution in [3.05, 3.63) is 48.3 Å². The molecule has 3 heteroatoms. The van der Waals surface area contributed by atoms with E-state index in [0.717, 1.165) is 6.54 Å². The van der Waals surface area contributed by atoms with Crippen molar-refractivity contribution < 1.29 is 0 Å². The summed E-state index contributed by atoms with van der Waals surface area (Å²) in [6, 6.07) is 10.6. The van der Waals surface area contributed by atoms with Gasteiger partial charge in [-0.2, -0.15) is 0 Å². The van der Waals surface area contributed by atoms with E-state index in [1.165, 1.54) is 16.1 Å². The standard InChI is InChI=1S/C13H16N2S/c1-15-8-7-11(10-15)9-14-12-3-5-13(16-2)6-4-12/h3-8,10,14H,9H2,1-2H3. The van der Waals surface area contributed by atoms with Crippen molar-refractivity contribution in [2.45, 2.75) is 11.4 Å². The molecule has 0 bridgehead atoms. The molecule has 1 N–H and O–H groups in total. The van der Waals surface area contributed by atoms with Crippen molar-refractivity contribution in [1.29, 1.82) is 0 Å². The second kappa shape index (κ2) is 5.12. The maximum atomic E-state index is 3.40. The van der Waals surface area contributed by atoms with Gasteiger partial charge >= 0.3 is 0 Å². The van der Waals surface area contributed by atoms with Crippen LogP contribution in [0.25, 0.3) is 0 Å². The van der Waals surface area contributed by atoms with E-state index in [4.69, 9.17) is 0 Å². The smallest absolute Gasteiger partial charge is 0.0415 e. The van der Waals surface area contributed by atoms with E-state index in [9.17, 15) is 0 Å². The lowest BCUT2D eigenvalue weighted by atomic mass is 10.3. The van der Waals surface area contributed by atoms with E-state index >= 15 is 0 Å². The Morgan fingerprint density at radius 2 is 1.94 bits per heavy atom. The van der Waals surface area contributed by atoms with Crippen LogP contribution >= 0.6 is 11.8 Å². The second-order valence-corrected chi connectivity index (χ2v) is 4.65. The summed E-state index contributed by atoms with van der Waals surface area (Å²) in [4.78, 5) is 1.30. The predicted molar refractivity (Wildman–Crippen MR) is 71.0 cm³/mol. The van der Waals surface area contributed by atoms with Crippen LogP contribution in [0, 0.1) is 0 Å². The van der Waals surface area contributed by atoms with Gasteiger partial charge < -0.3 is 9.88 Å². The average molecular weight is 232 g/mol. The zero-order chi connectivity index (χ0) is 11.4. The normalized spacial score (nSPS) is 10.4. The zero-order valence-electron chi connectivity index (χ0n) is 9.60. The Morgan fingerprint density at radius 3 is 2.50 bits per heavy atom. The predicted octanol–water partition coefficient (Wildman–Crippen LogP) is 3.36. The summed E-state index contributed by atoms with van der Waals surface area (Å²) in [5.41, 5.74) is 2.47. The molecule has 0 saturated carbocycles. The molecule has 0 amide bonds. The summed E-state index contributed by atoms with van der Waals surface area (Å²) in [6.45, 7) is 0.874. The van der Waals surface area contributed by atoms with Crippen LogP contribution in [0.15, 0.2) is 47.6 Å². The van der Waals surface area contributed by atoms with Crippen molar-refractivity contribution in [3.63, 3.8) is 0 Å². The zero-order valence-corrected chi connectivity index (χ0v) is 10.4. The quantitative estimate of drug-likeness (QED) is 0.814. The highest BCUT2D eigenvalue weighted by Gasteiger charge is 1.96. The minimum absolute atomic E-state index is 0.874. The van der Waals surface area contributed by atoms with Crippen LogP contribution in [0.5, 0.6) is 0 Å². The van der Waals surface area contributed by atoms with Gasteiger partial charge in [-0.05, 0) is 42.2 Å². The molecule has 0 fully saturated rings. The Kier molecular flexibility index (Phi) is 3.57. The molecule has 2 aromatic rings.